The minimum absolute atomic E-state index is 0.737. The van der Waals surface area contributed by atoms with Crippen LogP contribution >= 0.6 is 38.9 Å². The maximum absolute atomic E-state index is 5.97. The number of nitrogens with zero attached hydrogens (tertiary/aromatic N) is 1. The predicted octanol–water partition coefficient (Wildman–Crippen LogP) is 4.51. The minimum atomic E-state index is 0.737. The number of thiophene rings is 1. The van der Waals surface area contributed by atoms with Crippen LogP contribution in [-0.2, 0) is 0 Å². The molecule has 16 heavy (non-hydrogen) atoms. The third kappa shape index (κ3) is 2.34. The standard InChI is InChI=1S/C11H10BrClN2S/c1-15(11-5-4-10(13)16-11)9-3-2-7(12)6-8(9)14/h2-6H,14H2,1H3. The van der Waals surface area contributed by atoms with E-state index in [1.54, 1.807) is 0 Å². The van der Waals surface area contributed by atoms with Gasteiger partial charge in [-0.25, -0.2) is 0 Å². The number of nitrogen functional groups attached to an aromatic ring is 1. The fraction of sp³-hybridized carbons (Fsp3) is 0.0909. The molecule has 0 aliphatic rings. The van der Waals surface area contributed by atoms with E-state index in [1.807, 2.05) is 42.3 Å². The van der Waals surface area contributed by atoms with Crippen LogP contribution in [0.4, 0.5) is 16.4 Å². The van der Waals surface area contributed by atoms with Gasteiger partial charge in [0.05, 0.1) is 20.7 Å². The van der Waals surface area contributed by atoms with Gasteiger partial charge in [-0.1, -0.05) is 27.5 Å². The number of benzene rings is 1. The molecule has 0 aliphatic heterocycles. The molecule has 0 fully saturated rings. The predicted molar refractivity (Wildman–Crippen MR) is 75.9 cm³/mol. The average molecular weight is 318 g/mol. The van der Waals surface area contributed by atoms with Crippen molar-refractivity contribution in [2.75, 3.05) is 17.7 Å². The normalized spacial score (nSPS) is 10.4. The van der Waals surface area contributed by atoms with Crippen molar-refractivity contribution in [3.63, 3.8) is 0 Å². The lowest BCUT2D eigenvalue weighted by atomic mass is 10.2. The van der Waals surface area contributed by atoms with Crippen LogP contribution in [0.25, 0.3) is 0 Å². The number of hydrogen-bond donors (Lipinski definition) is 1. The molecule has 1 aromatic carbocycles. The molecule has 2 N–H and O–H groups in total. The van der Waals surface area contributed by atoms with Gasteiger partial charge in [0.2, 0.25) is 0 Å². The molecule has 0 spiro atoms. The van der Waals surface area contributed by atoms with Crippen LogP contribution in [0.15, 0.2) is 34.8 Å². The topological polar surface area (TPSA) is 29.3 Å². The van der Waals surface area contributed by atoms with Crippen molar-refractivity contribution in [3.05, 3.63) is 39.1 Å². The van der Waals surface area contributed by atoms with E-state index in [2.05, 4.69) is 15.9 Å². The summed E-state index contributed by atoms with van der Waals surface area (Å²) in [5.41, 5.74) is 7.68. The van der Waals surface area contributed by atoms with Crippen LogP contribution in [0.5, 0.6) is 0 Å². The molecular formula is C11H10BrClN2S. The first-order valence-electron chi connectivity index (χ1n) is 4.62. The smallest absolute Gasteiger partial charge is 0.0966 e. The van der Waals surface area contributed by atoms with Crippen molar-refractivity contribution >= 4 is 55.2 Å². The van der Waals surface area contributed by atoms with Gasteiger partial charge in [0.15, 0.2) is 0 Å². The van der Waals surface area contributed by atoms with Crippen LogP contribution in [0.2, 0.25) is 4.34 Å². The van der Waals surface area contributed by atoms with Gasteiger partial charge in [-0.3, -0.25) is 0 Å². The summed E-state index contributed by atoms with van der Waals surface area (Å²) < 4.78 is 1.75. The largest absolute Gasteiger partial charge is 0.397 e. The first-order valence-corrected chi connectivity index (χ1v) is 6.61. The Morgan fingerprint density at radius 1 is 1.31 bits per heavy atom. The van der Waals surface area contributed by atoms with Gasteiger partial charge in [0.25, 0.3) is 0 Å². The van der Waals surface area contributed by atoms with E-state index >= 15 is 0 Å². The van der Waals surface area contributed by atoms with Crippen molar-refractivity contribution in [2.24, 2.45) is 0 Å². The van der Waals surface area contributed by atoms with Crippen LogP contribution in [0, 0.1) is 0 Å². The van der Waals surface area contributed by atoms with E-state index in [0.29, 0.717) is 0 Å². The summed E-state index contributed by atoms with van der Waals surface area (Å²) in [5.74, 6) is 0. The summed E-state index contributed by atoms with van der Waals surface area (Å²) in [6.45, 7) is 0. The molecule has 0 saturated heterocycles. The monoisotopic (exact) mass is 316 g/mol. The van der Waals surface area contributed by atoms with E-state index in [0.717, 1.165) is 25.2 Å². The quantitative estimate of drug-likeness (QED) is 0.826. The van der Waals surface area contributed by atoms with Gasteiger partial charge in [-0.15, -0.1) is 11.3 Å². The van der Waals surface area contributed by atoms with Gasteiger partial charge in [-0.05, 0) is 30.3 Å². The molecular weight excluding hydrogens is 308 g/mol. The van der Waals surface area contributed by atoms with Crippen LogP contribution < -0.4 is 10.6 Å². The molecule has 0 saturated carbocycles. The lowest BCUT2D eigenvalue weighted by Gasteiger charge is -2.19. The van der Waals surface area contributed by atoms with Gasteiger partial charge < -0.3 is 10.6 Å². The Bertz CT molecular complexity index is 512. The Morgan fingerprint density at radius 2 is 2.06 bits per heavy atom. The van der Waals surface area contributed by atoms with Crippen LogP contribution in [0.3, 0.4) is 0 Å². The van der Waals surface area contributed by atoms with E-state index in [9.17, 15) is 0 Å². The fourth-order valence-corrected chi connectivity index (χ4v) is 2.82. The molecule has 0 amide bonds. The Morgan fingerprint density at radius 3 is 2.62 bits per heavy atom. The van der Waals surface area contributed by atoms with Gasteiger partial charge in [-0.2, -0.15) is 0 Å². The highest BCUT2D eigenvalue weighted by Gasteiger charge is 2.09. The number of nitrogens with two attached hydrogens (primary N) is 1. The molecule has 0 bridgehead atoms. The van der Waals surface area contributed by atoms with Gasteiger partial charge in [0, 0.05) is 11.5 Å². The van der Waals surface area contributed by atoms with Crippen molar-refractivity contribution in [2.45, 2.75) is 0 Å². The molecule has 2 nitrogen and oxygen atoms in total. The maximum atomic E-state index is 5.97. The van der Waals surface area contributed by atoms with E-state index in [1.165, 1.54) is 11.3 Å². The number of anilines is 3. The molecule has 0 aliphatic carbocycles. The minimum Gasteiger partial charge on any atom is -0.397 e. The van der Waals surface area contributed by atoms with Crippen molar-refractivity contribution in [1.29, 1.82) is 0 Å². The SMILES string of the molecule is CN(c1ccc(Cl)s1)c1ccc(Br)cc1N. The molecule has 0 atom stereocenters. The number of rotatable bonds is 2. The Kier molecular flexibility index (Phi) is 3.42. The summed E-state index contributed by atoms with van der Waals surface area (Å²) in [7, 11) is 1.97. The lowest BCUT2D eigenvalue weighted by Crippen LogP contribution is -2.09. The molecule has 2 rings (SSSR count). The second kappa shape index (κ2) is 4.65. The van der Waals surface area contributed by atoms with E-state index in [4.69, 9.17) is 17.3 Å². The fourth-order valence-electron chi connectivity index (χ4n) is 1.43. The molecule has 2 aromatic rings. The molecule has 0 radical (unpaired) electrons. The Hall–Kier alpha value is -0.710. The highest BCUT2D eigenvalue weighted by molar-refractivity contribution is 9.10. The van der Waals surface area contributed by atoms with E-state index < -0.39 is 0 Å². The summed E-state index contributed by atoms with van der Waals surface area (Å²) in [6, 6.07) is 9.70. The number of hydrogen-bond acceptors (Lipinski definition) is 3. The second-order valence-corrected chi connectivity index (χ2v) is 5.95. The summed E-state index contributed by atoms with van der Waals surface area (Å²) in [4.78, 5) is 2.03. The van der Waals surface area contributed by atoms with Gasteiger partial charge >= 0.3 is 0 Å². The third-order valence-corrected chi connectivity index (χ3v) is 4.04. The maximum Gasteiger partial charge on any atom is 0.0966 e. The van der Waals surface area contributed by atoms with Crippen LogP contribution in [0.1, 0.15) is 0 Å². The molecule has 5 heteroatoms. The third-order valence-electron chi connectivity index (χ3n) is 2.24. The lowest BCUT2D eigenvalue weighted by molar-refractivity contribution is 1.24. The summed E-state index contributed by atoms with van der Waals surface area (Å²) in [6.07, 6.45) is 0. The molecule has 1 heterocycles. The average Bonchev–Trinajstić information content (AvgIpc) is 2.64. The molecule has 1 aromatic heterocycles. The Balaban J connectivity index is 2.37. The Labute approximate surface area is 112 Å². The molecule has 0 unspecified atom stereocenters. The van der Waals surface area contributed by atoms with E-state index in [-0.39, 0.29) is 0 Å². The zero-order chi connectivity index (χ0) is 11.7. The summed E-state index contributed by atoms with van der Waals surface area (Å²) in [5, 5.41) is 1.07. The highest BCUT2D eigenvalue weighted by Crippen LogP contribution is 2.36. The van der Waals surface area contributed by atoms with Crippen LogP contribution in [-0.4, -0.2) is 7.05 Å². The van der Waals surface area contributed by atoms with Crippen molar-refractivity contribution in [1.82, 2.24) is 0 Å². The zero-order valence-corrected chi connectivity index (χ0v) is 11.7. The highest BCUT2D eigenvalue weighted by atomic mass is 79.9. The summed E-state index contributed by atoms with van der Waals surface area (Å²) >= 11 is 10.8. The number of halogens is 2. The zero-order valence-electron chi connectivity index (χ0n) is 8.58. The first kappa shape index (κ1) is 11.8. The molecule has 84 valence electrons. The van der Waals surface area contributed by atoms with Crippen molar-refractivity contribution < 1.29 is 0 Å². The van der Waals surface area contributed by atoms with Gasteiger partial charge in [0.1, 0.15) is 0 Å². The first-order chi connectivity index (χ1) is 7.58. The second-order valence-electron chi connectivity index (χ2n) is 3.34. The van der Waals surface area contributed by atoms with Crippen molar-refractivity contribution in [3.8, 4) is 0 Å².